The minimum atomic E-state index is -0.281. The van der Waals surface area contributed by atoms with E-state index in [4.69, 9.17) is 10.6 Å². The van der Waals surface area contributed by atoms with Crippen molar-refractivity contribution in [3.63, 3.8) is 0 Å². The Balaban J connectivity index is 2.79. The molecule has 5 heteroatoms. The van der Waals surface area contributed by atoms with E-state index in [1.807, 2.05) is 16.9 Å². The molecule has 1 rings (SSSR count). The maximum atomic E-state index is 5.66. The monoisotopic (exact) mass is 254 g/mol. The van der Waals surface area contributed by atoms with Crippen molar-refractivity contribution in [3.05, 3.63) is 18.0 Å². The van der Waals surface area contributed by atoms with Crippen LogP contribution in [0.4, 0.5) is 0 Å². The fraction of sp³-hybridized carbons (Fsp3) is 0.769. The Morgan fingerprint density at radius 1 is 1.56 bits per heavy atom. The molecule has 18 heavy (non-hydrogen) atoms. The zero-order valence-corrected chi connectivity index (χ0v) is 12.1. The average molecular weight is 254 g/mol. The van der Waals surface area contributed by atoms with E-state index in [-0.39, 0.29) is 11.6 Å². The molecule has 104 valence electrons. The third kappa shape index (κ3) is 3.31. The number of methoxy groups -OCH3 is 1. The van der Waals surface area contributed by atoms with Crippen LogP contribution in [0.1, 0.15) is 45.9 Å². The normalized spacial score (nSPS) is 16.8. The van der Waals surface area contributed by atoms with Gasteiger partial charge >= 0.3 is 0 Å². The number of nitrogens with one attached hydrogen (secondary N) is 1. The van der Waals surface area contributed by atoms with E-state index in [0.29, 0.717) is 6.04 Å². The summed E-state index contributed by atoms with van der Waals surface area (Å²) in [7, 11) is 1.72. The molecule has 1 heterocycles. The summed E-state index contributed by atoms with van der Waals surface area (Å²) < 4.78 is 7.55. The van der Waals surface area contributed by atoms with E-state index >= 15 is 0 Å². The van der Waals surface area contributed by atoms with Crippen LogP contribution >= 0.6 is 0 Å². The summed E-state index contributed by atoms with van der Waals surface area (Å²) >= 11 is 0. The van der Waals surface area contributed by atoms with E-state index in [1.54, 1.807) is 7.11 Å². The van der Waals surface area contributed by atoms with Crippen molar-refractivity contribution in [2.45, 2.75) is 58.2 Å². The molecule has 5 nitrogen and oxygen atoms in total. The summed E-state index contributed by atoms with van der Waals surface area (Å²) in [6.07, 6.45) is 3.65. The Morgan fingerprint density at radius 2 is 2.22 bits per heavy atom. The lowest BCUT2D eigenvalue weighted by Crippen LogP contribution is -2.53. The number of rotatable bonds is 7. The van der Waals surface area contributed by atoms with Crippen LogP contribution < -0.4 is 11.3 Å². The van der Waals surface area contributed by atoms with E-state index in [9.17, 15) is 0 Å². The summed E-state index contributed by atoms with van der Waals surface area (Å²) in [5.74, 6) is 5.66. The van der Waals surface area contributed by atoms with Crippen molar-refractivity contribution in [2.24, 2.45) is 5.84 Å². The molecule has 3 N–H and O–H groups in total. The van der Waals surface area contributed by atoms with Gasteiger partial charge in [0.2, 0.25) is 0 Å². The largest absolute Gasteiger partial charge is 0.377 e. The van der Waals surface area contributed by atoms with Gasteiger partial charge in [0.05, 0.1) is 17.3 Å². The van der Waals surface area contributed by atoms with Crippen LogP contribution in [0.15, 0.2) is 12.3 Å². The first kappa shape index (κ1) is 15.1. The van der Waals surface area contributed by atoms with Crippen molar-refractivity contribution < 1.29 is 4.74 Å². The minimum Gasteiger partial charge on any atom is -0.377 e. The van der Waals surface area contributed by atoms with Crippen LogP contribution in [0.5, 0.6) is 0 Å². The first-order valence-electron chi connectivity index (χ1n) is 6.52. The molecule has 2 unspecified atom stereocenters. The maximum absolute atomic E-state index is 5.66. The summed E-state index contributed by atoms with van der Waals surface area (Å²) in [5.41, 5.74) is 3.61. The predicted octanol–water partition coefficient (Wildman–Crippen LogP) is 1.65. The second-order valence-electron chi connectivity index (χ2n) is 5.17. The molecule has 2 atom stereocenters. The van der Waals surface area contributed by atoms with Crippen LogP contribution in [0, 0.1) is 0 Å². The molecule has 0 amide bonds. The zero-order chi connectivity index (χ0) is 13.8. The minimum absolute atomic E-state index is 0.0445. The number of hydrazine groups is 1. The average Bonchev–Trinajstić information content (AvgIpc) is 2.83. The third-order valence-corrected chi connectivity index (χ3v) is 3.71. The summed E-state index contributed by atoms with van der Waals surface area (Å²) in [4.78, 5) is 0. The Morgan fingerprint density at radius 3 is 2.61 bits per heavy atom. The fourth-order valence-electron chi connectivity index (χ4n) is 1.97. The molecule has 0 fully saturated rings. The van der Waals surface area contributed by atoms with Gasteiger partial charge in [-0.3, -0.25) is 16.0 Å². The van der Waals surface area contributed by atoms with Gasteiger partial charge in [0.25, 0.3) is 0 Å². The number of nitrogens with zero attached hydrogens (tertiary/aromatic N) is 2. The molecule has 0 bridgehead atoms. The van der Waals surface area contributed by atoms with E-state index in [0.717, 1.165) is 18.5 Å². The lowest BCUT2D eigenvalue weighted by atomic mass is 9.90. The first-order chi connectivity index (χ1) is 8.46. The molecule has 0 aliphatic heterocycles. The smallest absolute Gasteiger partial charge is 0.0817 e. The number of hydrogen-bond acceptors (Lipinski definition) is 4. The molecule has 0 spiro atoms. The van der Waals surface area contributed by atoms with Crippen molar-refractivity contribution in [1.82, 2.24) is 15.2 Å². The molecule has 0 aliphatic rings. The highest BCUT2D eigenvalue weighted by Gasteiger charge is 2.32. The summed E-state index contributed by atoms with van der Waals surface area (Å²) in [6.45, 7) is 8.39. The SMILES string of the molecule is CCC(C)(OC)C(Cc1ccn(C(C)C)n1)NN. The quantitative estimate of drug-likeness (QED) is 0.573. The van der Waals surface area contributed by atoms with E-state index < -0.39 is 0 Å². The van der Waals surface area contributed by atoms with Crippen LogP contribution in [0.2, 0.25) is 0 Å². The Hall–Kier alpha value is -0.910. The molecular formula is C13H26N4O. The predicted molar refractivity (Wildman–Crippen MR) is 73.1 cm³/mol. The third-order valence-electron chi connectivity index (χ3n) is 3.71. The van der Waals surface area contributed by atoms with Crippen molar-refractivity contribution in [1.29, 1.82) is 0 Å². The number of ether oxygens (including phenoxy) is 1. The number of nitrogens with two attached hydrogens (primary N) is 1. The van der Waals surface area contributed by atoms with Gasteiger partial charge in [-0.15, -0.1) is 0 Å². The van der Waals surface area contributed by atoms with Crippen molar-refractivity contribution in [2.75, 3.05) is 7.11 Å². The first-order valence-corrected chi connectivity index (χ1v) is 6.52. The fourth-order valence-corrected chi connectivity index (χ4v) is 1.97. The van der Waals surface area contributed by atoms with E-state index in [1.165, 1.54) is 0 Å². The van der Waals surface area contributed by atoms with Crippen molar-refractivity contribution in [3.8, 4) is 0 Å². The highest BCUT2D eigenvalue weighted by atomic mass is 16.5. The van der Waals surface area contributed by atoms with Crippen LogP contribution in [0.3, 0.4) is 0 Å². The van der Waals surface area contributed by atoms with Gasteiger partial charge in [-0.2, -0.15) is 5.10 Å². The molecule has 1 aromatic rings. The van der Waals surface area contributed by atoms with Gasteiger partial charge in [-0.05, 0) is 33.3 Å². The zero-order valence-electron chi connectivity index (χ0n) is 12.1. The Bertz CT molecular complexity index is 358. The Kier molecular flexibility index (Phi) is 5.31. The van der Waals surface area contributed by atoms with E-state index in [2.05, 4.69) is 38.2 Å². The molecule has 1 aromatic heterocycles. The molecule has 0 saturated heterocycles. The molecular weight excluding hydrogens is 228 g/mol. The van der Waals surface area contributed by atoms with Gasteiger partial charge in [0.15, 0.2) is 0 Å². The van der Waals surface area contributed by atoms with Gasteiger partial charge in [0.1, 0.15) is 0 Å². The van der Waals surface area contributed by atoms with Gasteiger partial charge in [0, 0.05) is 25.8 Å². The summed E-state index contributed by atoms with van der Waals surface area (Å²) in [6, 6.07) is 2.46. The number of aromatic nitrogens is 2. The lowest BCUT2D eigenvalue weighted by molar-refractivity contribution is -0.0290. The molecule has 0 radical (unpaired) electrons. The summed E-state index contributed by atoms with van der Waals surface area (Å²) in [5, 5.41) is 4.55. The second-order valence-corrected chi connectivity index (χ2v) is 5.17. The highest BCUT2D eigenvalue weighted by molar-refractivity contribution is 5.05. The van der Waals surface area contributed by atoms with Gasteiger partial charge < -0.3 is 4.74 Å². The van der Waals surface area contributed by atoms with Gasteiger partial charge in [-0.25, -0.2) is 0 Å². The molecule has 0 aliphatic carbocycles. The van der Waals surface area contributed by atoms with Crippen LogP contribution in [0.25, 0.3) is 0 Å². The highest BCUT2D eigenvalue weighted by Crippen LogP contribution is 2.21. The topological polar surface area (TPSA) is 65.1 Å². The lowest BCUT2D eigenvalue weighted by Gasteiger charge is -2.35. The second kappa shape index (κ2) is 6.31. The Labute approximate surface area is 110 Å². The maximum Gasteiger partial charge on any atom is 0.0817 e. The molecule has 0 aromatic carbocycles. The van der Waals surface area contributed by atoms with Crippen LogP contribution in [-0.4, -0.2) is 28.5 Å². The standard InChI is InChI=1S/C13H26N4O/c1-6-13(4,18-5)12(15-14)9-11-7-8-17(16-11)10(2)3/h7-8,10,12,15H,6,9,14H2,1-5H3. The van der Waals surface area contributed by atoms with Crippen LogP contribution in [-0.2, 0) is 11.2 Å². The molecule has 0 saturated carbocycles. The number of hydrogen-bond donors (Lipinski definition) is 2. The van der Waals surface area contributed by atoms with Crippen molar-refractivity contribution >= 4 is 0 Å². The van der Waals surface area contributed by atoms with Gasteiger partial charge in [-0.1, -0.05) is 6.92 Å².